The zero-order chi connectivity index (χ0) is 14.1. The number of benzene rings is 1. The van der Waals surface area contributed by atoms with Crippen molar-refractivity contribution in [1.82, 2.24) is 4.98 Å². The molecule has 20 heavy (non-hydrogen) atoms. The molecule has 102 valence electrons. The standard InChI is InChI=1S/C14H10Cl2N2S2/c15-12-5-10(13(16)20-12)11-7-19-14(18-11)9-3-1-8(6-17)2-4-9/h1-5,7H,6,17H2. The Morgan fingerprint density at radius 2 is 1.90 bits per heavy atom. The Kier molecular flexibility index (Phi) is 4.10. The van der Waals surface area contributed by atoms with E-state index in [2.05, 4.69) is 4.98 Å². The van der Waals surface area contributed by atoms with Crippen LogP contribution in [-0.4, -0.2) is 4.98 Å². The fourth-order valence-corrected chi connectivity index (χ4v) is 4.14. The van der Waals surface area contributed by atoms with Crippen LogP contribution in [0.5, 0.6) is 0 Å². The van der Waals surface area contributed by atoms with Gasteiger partial charge < -0.3 is 5.73 Å². The molecule has 0 bridgehead atoms. The molecule has 0 fully saturated rings. The second-order valence-electron chi connectivity index (χ2n) is 4.18. The summed E-state index contributed by atoms with van der Waals surface area (Å²) < 4.78 is 1.34. The van der Waals surface area contributed by atoms with Gasteiger partial charge in [0.2, 0.25) is 0 Å². The lowest BCUT2D eigenvalue weighted by atomic mass is 10.1. The summed E-state index contributed by atoms with van der Waals surface area (Å²) in [5.74, 6) is 0. The molecule has 0 saturated heterocycles. The Morgan fingerprint density at radius 1 is 1.15 bits per heavy atom. The van der Waals surface area contributed by atoms with Crippen molar-refractivity contribution < 1.29 is 0 Å². The Balaban J connectivity index is 1.95. The zero-order valence-corrected chi connectivity index (χ0v) is 13.4. The second-order valence-corrected chi connectivity index (χ2v) is 7.32. The first-order chi connectivity index (χ1) is 9.67. The van der Waals surface area contributed by atoms with Gasteiger partial charge in [0.25, 0.3) is 0 Å². The average Bonchev–Trinajstić information content (AvgIpc) is 3.05. The Bertz CT molecular complexity index is 732. The molecule has 0 spiro atoms. The minimum atomic E-state index is 0.548. The van der Waals surface area contributed by atoms with Crippen LogP contribution in [0.4, 0.5) is 0 Å². The molecule has 0 atom stereocenters. The van der Waals surface area contributed by atoms with E-state index in [1.807, 2.05) is 35.7 Å². The van der Waals surface area contributed by atoms with Crippen LogP contribution in [0, 0.1) is 0 Å². The molecule has 0 aliphatic heterocycles. The normalized spacial score (nSPS) is 10.9. The predicted octanol–water partition coefficient (Wildman–Crippen LogP) is 5.30. The minimum Gasteiger partial charge on any atom is -0.326 e. The average molecular weight is 341 g/mol. The third kappa shape index (κ3) is 2.75. The number of thiazole rings is 1. The van der Waals surface area contributed by atoms with Crippen LogP contribution in [0.1, 0.15) is 5.56 Å². The van der Waals surface area contributed by atoms with Crippen LogP contribution in [0.15, 0.2) is 35.7 Å². The molecule has 2 nitrogen and oxygen atoms in total. The van der Waals surface area contributed by atoms with E-state index in [0.717, 1.165) is 27.4 Å². The number of rotatable bonds is 3. The van der Waals surface area contributed by atoms with E-state index in [4.69, 9.17) is 28.9 Å². The highest BCUT2D eigenvalue weighted by Crippen LogP contribution is 2.39. The summed E-state index contributed by atoms with van der Waals surface area (Å²) in [6, 6.07) is 9.96. The van der Waals surface area contributed by atoms with Gasteiger partial charge in [-0.05, 0) is 11.6 Å². The summed E-state index contributed by atoms with van der Waals surface area (Å²) >= 11 is 15.1. The predicted molar refractivity (Wildman–Crippen MR) is 88.8 cm³/mol. The molecular weight excluding hydrogens is 331 g/mol. The van der Waals surface area contributed by atoms with Crippen molar-refractivity contribution in [3.05, 3.63) is 49.9 Å². The first kappa shape index (κ1) is 14.0. The third-order valence-corrected chi connectivity index (χ3v) is 5.25. The zero-order valence-electron chi connectivity index (χ0n) is 10.3. The van der Waals surface area contributed by atoms with Crippen LogP contribution in [0.25, 0.3) is 21.8 Å². The summed E-state index contributed by atoms with van der Waals surface area (Å²) in [6.07, 6.45) is 0. The lowest BCUT2D eigenvalue weighted by Gasteiger charge is -1.99. The van der Waals surface area contributed by atoms with Gasteiger partial charge in [-0.15, -0.1) is 22.7 Å². The van der Waals surface area contributed by atoms with Gasteiger partial charge in [-0.3, -0.25) is 0 Å². The van der Waals surface area contributed by atoms with Crippen molar-refractivity contribution in [1.29, 1.82) is 0 Å². The molecule has 0 aliphatic carbocycles. The van der Waals surface area contributed by atoms with Crippen LogP contribution >= 0.6 is 45.9 Å². The van der Waals surface area contributed by atoms with E-state index in [1.54, 1.807) is 11.3 Å². The lowest BCUT2D eigenvalue weighted by Crippen LogP contribution is -1.95. The minimum absolute atomic E-state index is 0.548. The van der Waals surface area contributed by atoms with E-state index in [-0.39, 0.29) is 0 Å². The largest absolute Gasteiger partial charge is 0.326 e. The fourth-order valence-electron chi connectivity index (χ4n) is 1.83. The molecule has 6 heteroatoms. The molecule has 3 rings (SSSR count). The number of halogens is 2. The molecule has 0 unspecified atom stereocenters. The van der Waals surface area contributed by atoms with Crippen molar-refractivity contribution in [3.8, 4) is 21.8 Å². The van der Waals surface area contributed by atoms with Gasteiger partial charge in [0.05, 0.1) is 10.0 Å². The van der Waals surface area contributed by atoms with Crippen LogP contribution in [-0.2, 0) is 6.54 Å². The van der Waals surface area contributed by atoms with E-state index < -0.39 is 0 Å². The number of hydrogen-bond donors (Lipinski definition) is 1. The quantitative estimate of drug-likeness (QED) is 0.702. The summed E-state index contributed by atoms with van der Waals surface area (Å²) in [4.78, 5) is 4.63. The van der Waals surface area contributed by atoms with Gasteiger partial charge in [-0.2, -0.15) is 0 Å². The highest BCUT2D eigenvalue weighted by Gasteiger charge is 2.12. The Labute approximate surface area is 134 Å². The molecule has 2 N–H and O–H groups in total. The van der Waals surface area contributed by atoms with Crippen molar-refractivity contribution in [3.63, 3.8) is 0 Å². The maximum Gasteiger partial charge on any atom is 0.124 e. The maximum absolute atomic E-state index is 6.16. The summed E-state index contributed by atoms with van der Waals surface area (Å²) in [7, 11) is 0. The molecule has 2 heterocycles. The smallest absolute Gasteiger partial charge is 0.124 e. The third-order valence-electron chi connectivity index (χ3n) is 2.87. The van der Waals surface area contributed by atoms with Gasteiger partial charge in [-0.1, -0.05) is 47.5 Å². The van der Waals surface area contributed by atoms with Gasteiger partial charge in [0.1, 0.15) is 9.34 Å². The van der Waals surface area contributed by atoms with Gasteiger partial charge >= 0.3 is 0 Å². The number of thiophene rings is 1. The summed E-state index contributed by atoms with van der Waals surface area (Å²) in [6.45, 7) is 0.548. The molecule has 2 aromatic heterocycles. The van der Waals surface area contributed by atoms with E-state index >= 15 is 0 Å². The molecular formula is C14H10Cl2N2S2. The van der Waals surface area contributed by atoms with Gasteiger partial charge in [0.15, 0.2) is 0 Å². The Morgan fingerprint density at radius 3 is 2.50 bits per heavy atom. The number of aromatic nitrogens is 1. The highest BCUT2D eigenvalue weighted by molar-refractivity contribution is 7.20. The van der Waals surface area contributed by atoms with Crippen molar-refractivity contribution in [2.45, 2.75) is 6.54 Å². The van der Waals surface area contributed by atoms with Gasteiger partial charge in [-0.25, -0.2) is 4.98 Å². The summed E-state index contributed by atoms with van der Waals surface area (Å²) in [5.41, 5.74) is 9.54. The number of nitrogens with zero attached hydrogens (tertiary/aromatic N) is 1. The first-order valence-electron chi connectivity index (χ1n) is 5.87. The number of nitrogens with two attached hydrogens (primary N) is 1. The monoisotopic (exact) mass is 340 g/mol. The van der Waals surface area contributed by atoms with Crippen LogP contribution in [0.3, 0.4) is 0 Å². The molecule has 0 radical (unpaired) electrons. The van der Waals surface area contributed by atoms with Gasteiger partial charge in [0, 0.05) is 23.1 Å². The lowest BCUT2D eigenvalue weighted by molar-refractivity contribution is 1.07. The molecule has 3 aromatic rings. The van der Waals surface area contributed by atoms with E-state index in [1.165, 1.54) is 11.3 Å². The molecule has 0 saturated carbocycles. The number of hydrogen-bond acceptors (Lipinski definition) is 4. The second kappa shape index (κ2) is 5.84. The highest BCUT2D eigenvalue weighted by atomic mass is 35.5. The fraction of sp³-hybridized carbons (Fsp3) is 0.0714. The van der Waals surface area contributed by atoms with Crippen molar-refractivity contribution in [2.75, 3.05) is 0 Å². The van der Waals surface area contributed by atoms with Crippen molar-refractivity contribution >= 4 is 45.9 Å². The first-order valence-corrected chi connectivity index (χ1v) is 8.32. The van der Waals surface area contributed by atoms with Crippen LogP contribution < -0.4 is 5.73 Å². The SMILES string of the molecule is NCc1ccc(-c2nc(-c3cc(Cl)sc3Cl)cs2)cc1. The van der Waals surface area contributed by atoms with Crippen LogP contribution in [0.2, 0.25) is 8.67 Å². The molecule has 1 aromatic carbocycles. The van der Waals surface area contributed by atoms with E-state index in [0.29, 0.717) is 15.2 Å². The topological polar surface area (TPSA) is 38.9 Å². The summed E-state index contributed by atoms with van der Waals surface area (Å²) in [5, 5.41) is 2.96. The van der Waals surface area contributed by atoms with Crippen molar-refractivity contribution in [2.24, 2.45) is 5.73 Å². The van der Waals surface area contributed by atoms with E-state index in [9.17, 15) is 0 Å². The molecule has 0 aliphatic rings. The maximum atomic E-state index is 6.16. The molecule has 0 amide bonds. The Hall–Kier alpha value is -0.910.